The van der Waals surface area contributed by atoms with E-state index >= 15 is 0 Å². The van der Waals surface area contributed by atoms with E-state index in [4.69, 9.17) is 4.74 Å². The monoisotopic (exact) mass is 345 g/mol. The highest BCUT2D eigenvalue weighted by Gasteiger charge is 2.48. The number of carbonyl (C=O) groups excluding carboxylic acids is 2. The molecule has 24 heavy (non-hydrogen) atoms. The lowest BCUT2D eigenvalue weighted by Gasteiger charge is -2.38. The number of nitriles is 1. The molecule has 3 saturated heterocycles. The van der Waals surface area contributed by atoms with E-state index in [1.807, 2.05) is 5.38 Å². The first-order valence-corrected chi connectivity index (χ1v) is 9.23. The molecule has 0 aromatic carbocycles. The molecule has 1 aromatic heterocycles. The SMILES string of the molecule is N#Cc1ccsc1N1CCC(N2CCC3(CCOC3=O)CC2)C1=O. The second-order valence-electron chi connectivity index (χ2n) is 6.75. The summed E-state index contributed by atoms with van der Waals surface area (Å²) in [6, 6.07) is 3.79. The first-order valence-electron chi connectivity index (χ1n) is 8.35. The summed E-state index contributed by atoms with van der Waals surface area (Å²) in [5, 5.41) is 11.8. The summed E-state index contributed by atoms with van der Waals surface area (Å²) in [7, 11) is 0. The average Bonchev–Trinajstić information content (AvgIpc) is 3.29. The van der Waals surface area contributed by atoms with Crippen LogP contribution in [0.15, 0.2) is 11.4 Å². The standard InChI is InChI=1S/C17H19N3O3S/c18-11-12-2-10-24-15(12)20-6-1-13(14(20)21)19-7-3-17(4-8-19)5-9-23-16(17)22/h2,10,13H,1,3-9H2. The highest BCUT2D eigenvalue weighted by molar-refractivity contribution is 7.14. The minimum Gasteiger partial charge on any atom is -0.465 e. The molecule has 1 amide bonds. The van der Waals surface area contributed by atoms with Gasteiger partial charge in [-0.05, 0) is 37.1 Å². The molecule has 3 aliphatic heterocycles. The fourth-order valence-electron chi connectivity index (χ4n) is 4.11. The van der Waals surface area contributed by atoms with Gasteiger partial charge in [-0.15, -0.1) is 11.3 Å². The molecule has 1 spiro atoms. The molecule has 126 valence electrons. The highest BCUT2D eigenvalue weighted by Crippen LogP contribution is 2.41. The highest BCUT2D eigenvalue weighted by atomic mass is 32.1. The van der Waals surface area contributed by atoms with E-state index < -0.39 is 0 Å². The Morgan fingerprint density at radius 3 is 2.71 bits per heavy atom. The van der Waals surface area contributed by atoms with Gasteiger partial charge in [0.2, 0.25) is 5.91 Å². The van der Waals surface area contributed by atoms with Crippen molar-refractivity contribution in [2.24, 2.45) is 5.41 Å². The van der Waals surface area contributed by atoms with Crippen LogP contribution in [0.25, 0.3) is 0 Å². The van der Waals surface area contributed by atoms with E-state index in [1.54, 1.807) is 11.0 Å². The van der Waals surface area contributed by atoms with Crippen molar-refractivity contribution in [3.05, 3.63) is 17.0 Å². The molecule has 6 nitrogen and oxygen atoms in total. The topological polar surface area (TPSA) is 73.6 Å². The van der Waals surface area contributed by atoms with Crippen molar-refractivity contribution in [3.8, 4) is 6.07 Å². The molecule has 3 aliphatic rings. The minimum absolute atomic E-state index is 0.0567. The number of hydrogen-bond donors (Lipinski definition) is 0. The van der Waals surface area contributed by atoms with Crippen molar-refractivity contribution in [2.75, 3.05) is 31.1 Å². The Hall–Kier alpha value is -1.91. The van der Waals surface area contributed by atoms with Crippen LogP contribution >= 0.6 is 11.3 Å². The quantitative estimate of drug-likeness (QED) is 0.764. The van der Waals surface area contributed by atoms with Crippen LogP contribution in [0.2, 0.25) is 0 Å². The van der Waals surface area contributed by atoms with E-state index in [1.165, 1.54) is 11.3 Å². The van der Waals surface area contributed by atoms with Gasteiger partial charge in [0.15, 0.2) is 0 Å². The largest absolute Gasteiger partial charge is 0.465 e. The zero-order valence-corrected chi connectivity index (χ0v) is 14.2. The number of amides is 1. The number of likely N-dealkylation sites (tertiary alicyclic amines) is 1. The van der Waals surface area contributed by atoms with Crippen molar-refractivity contribution < 1.29 is 14.3 Å². The molecule has 0 bridgehead atoms. The van der Waals surface area contributed by atoms with Gasteiger partial charge in [0.1, 0.15) is 11.1 Å². The second-order valence-corrected chi connectivity index (χ2v) is 7.64. The summed E-state index contributed by atoms with van der Waals surface area (Å²) in [5.41, 5.74) is 0.264. The van der Waals surface area contributed by atoms with E-state index in [2.05, 4.69) is 11.0 Å². The van der Waals surface area contributed by atoms with E-state index in [-0.39, 0.29) is 23.3 Å². The third kappa shape index (κ3) is 2.33. The third-order valence-corrected chi connectivity index (χ3v) is 6.57. The van der Waals surface area contributed by atoms with Gasteiger partial charge in [-0.25, -0.2) is 0 Å². The van der Waals surface area contributed by atoms with Crippen molar-refractivity contribution in [1.82, 2.24) is 4.90 Å². The van der Waals surface area contributed by atoms with Crippen molar-refractivity contribution in [2.45, 2.75) is 31.7 Å². The van der Waals surface area contributed by atoms with E-state index in [0.717, 1.165) is 43.8 Å². The predicted molar refractivity (Wildman–Crippen MR) is 88.6 cm³/mol. The number of esters is 1. The fraction of sp³-hybridized carbons (Fsp3) is 0.588. The second kappa shape index (κ2) is 5.87. The Labute approximate surface area is 144 Å². The molecule has 4 heterocycles. The van der Waals surface area contributed by atoms with Crippen LogP contribution in [-0.4, -0.2) is 49.1 Å². The molecule has 1 atom stereocenters. The number of ether oxygens (including phenoxy) is 1. The number of piperidine rings is 1. The molecule has 0 radical (unpaired) electrons. The molecule has 0 saturated carbocycles. The summed E-state index contributed by atoms with van der Waals surface area (Å²) < 4.78 is 5.16. The maximum absolute atomic E-state index is 12.8. The predicted octanol–water partition coefficient (Wildman–Crippen LogP) is 1.75. The van der Waals surface area contributed by atoms with E-state index in [9.17, 15) is 14.9 Å². The maximum Gasteiger partial charge on any atom is 0.312 e. The fourth-order valence-corrected chi connectivity index (χ4v) is 4.99. The van der Waals surface area contributed by atoms with Crippen LogP contribution in [0.5, 0.6) is 0 Å². The molecule has 4 rings (SSSR count). The van der Waals surface area contributed by atoms with Crippen LogP contribution < -0.4 is 4.90 Å². The van der Waals surface area contributed by atoms with E-state index in [0.29, 0.717) is 18.7 Å². The van der Waals surface area contributed by atoms with Crippen LogP contribution in [0.3, 0.4) is 0 Å². The minimum atomic E-state index is -0.306. The van der Waals surface area contributed by atoms with Gasteiger partial charge in [0.05, 0.1) is 23.6 Å². The van der Waals surface area contributed by atoms with Crippen LogP contribution in [0.4, 0.5) is 5.00 Å². The first-order chi connectivity index (χ1) is 11.6. The van der Waals surface area contributed by atoms with Gasteiger partial charge < -0.3 is 9.64 Å². The Balaban J connectivity index is 1.45. The lowest BCUT2D eigenvalue weighted by molar-refractivity contribution is -0.148. The third-order valence-electron chi connectivity index (χ3n) is 5.63. The normalized spacial score (nSPS) is 26.8. The Kier molecular flexibility index (Phi) is 3.82. The zero-order chi connectivity index (χ0) is 16.7. The molecule has 7 heteroatoms. The van der Waals surface area contributed by atoms with Gasteiger partial charge in [-0.2, -0.15) is 5.26 Å². The summed E-state index contributed by atoms with van der Waals surface area (Å²) in [5.74, 6) is 0.0256. The molecule has 1 aromatic rings. The molecule has 0 aliphatic carbocycles. The number of hydrogen-bond acceptors (Lipinski definition) is 6. The van der Waals surface area contributed by atoms with Gasteiger partial charge >= 0.3 is 5.97 Å². The number of rotatable bonds is 2. The maximum atomic E-state index is 12.8. The summed E-state index contributed by atoms with van der Waals surface area (Å²) in [6.07, 6.45) is 3.14. The molecule has 1 unspecified atom stereocenters. The van der Waals surface area contributed by atoms with Crippen molar-refractivity contribution in [1.29, 1.82) is 5.26 Å². The molecule has 3 fully saturated rings. The first kappa shape index (κ1) is 15.6. The molecule has 0 N–H and O–H groups in total. The van der Waals surface area contributed by atoms with Crippen molar-refractivity contribution >= 4 is 28.2 Å². The van der Waals surface area contributed by atoms with Gasteiger partial charge in [0.25, 0.3) is 0 Å². The lowest BCUT2D eigenvalue weighted by atomic mass is 9.77. The smallest absolute Gasteiger partial charge is 0.312 e. The average molecular weight is 345 g/mol. The van der Waals surface area contributed by atoms with Gasteiger partial charge in [-0.3, -0.25) is 14.5 Å². The number of anilines is 1. The van der Waals surface area contributed by atoms with Gasteiger partial charge in [-0.1, -0.05) is 0 Å². The summed E-state index contributed by atoms with van der Waals surface area (Å²) >= 11 is 1.44. The Bertz CT molecular complexity index is 715. The van der Waals surface area contributed by atoms with Gasteiger partial charge in [0, 0.05) is 19.6 Å². The Morgan fingerprint density at radius 1 is 1.25 bits per heavy atom. The number of carbonyl (C=O) groups is 2. The number of cyclic esters (lactones) is 1. The summed E-state index contributed by atoms with van der Waals surface area (Å²) in [6.45, 7) is 2.70. The number of nitrogens with zero attached hydrogens (tertiary/aromatic N) is 3. The van der Waals surface area contributed by atoms with Crippen LogP contribution in [0.1, 0.15) is 31.2 Å². The zero-order valence-electron chi connectivity index (χ0n) is 13.4. The summed E-state index contributed by atoms with van der Waals surface area (Å²) in [4.78, 5) is 28.8. The molecular formula is C17H19N3O3S. The van der Waals surface area contributed by atoms with Crippen LogP contribution in [0, 0.1) is 16.7 Å². The lowest BCUT2D eigenvalue weighted by Crippen LogP contribution is -2.49. The van der Waals surface area contributed by atoms with Crippen molar-refractivity contribution in [3.63, 3.8) is 0 Å². The van der Waals surface area contributed by atoms with Crippen LogP contribution in [-0.2, 0) is 14.3 Å². The Morgan fingerprint density at radius 2 is 2.04 bits per heavy atom. The molecular weight excluding hydrogens is 326 g/mol. The number of thiophene rings is 1.